The predicted molar refractivity (Wildman–Crippen MR) is 229 cm³/mol. The van der Waals surface area contributed by atoms with E-state index >= 15 is 0 Å². The molecule has 0 bridgehead atoms. The fourth-order valence-electron chi connectivity index (χ4n) is 14.4. The van der Waals surface area contributed by atoms with Crippen molar-refractivity contribution < 1.29 is 88.6 Å². The molecule has 0 amide bonds. The van der Waals surface area contributed by atoms with Crippen LogP contribution in [-0.4, -0.2) is 181 Å². The summed E-state index contributed by atoms with van der Waals surface area (Å²) >= 11 is 0. The first-order valence-corrected chi connectivity index (χ1v) is 24.6. The molecule has 5 aliphatic heterocycles. The van der Waals surface area contributed by atoms with Crippen LogP contribution >= 0.6 is 0 Å². The van der Waals surface area contributed by atoms with Gasteiger partial charge in [0.2, 0.25) is 0 Å². The van der Waals surface area contributed by atoms with Crippen molar-refractivity contribution in [2.75, 3.05) is 13.2 Å². The van der Waals surface area contributed by atoms with Gasteiger partial charge >= 0.3 is 0 Å². The Morgan fingerprint density at radius 1 is 0.652 bits per heavy atom. The summed E-state index contributed by atoms with van der Waals surface area (Å²) in [4.78, 5) is 0. The summed E-state index contributed by atoms with van der Waals surface area (Å²) in [5.41, 5.74) is -0.506. The Morgan fingerprint density at radius 2 is 1.23 bits per heavy atom. The second-order valence-corrected chi connectivity index (χ2v) is 21.8. The molecule has 18 nitrogen and oxygen atoms in total. The lowest BCUT2D eigenvalue weighted by molar-refractivity contribution is -0.355. The minimum Gasteiger partial charge on any atom is -0.490 e. The molecule has 9 rings (SSSR count). The van der Waals surface area contributed by atoms with Crippen LogP contribution < -0.4 is 0 Å². The summed E-state index contributed by atoms with van der Waals surface area (Å²) < 4.78 is 54.4. The molecule has 9 aliphatic rings. The summed E-state index contributed by atoms with van der Waals surface area (Å²) in [5, 5.41) is 98.6. The fourth-order valence-corrected chi connectivity index (χ4v) is 14.4. The lowest BCUT2D eigenvalue weighted by Gasteiger charge is -2.65. The first kappa shape index (κ1) is 49.6. The van der Waals surface area contributed by atoms with Crippen LogP contribution in [0, 0.1) is 34.5 Å². The molecule has 0 spiro atoms. The quantitative estimate of drug-likeness (QED) is 0.139. The largest absolute Gasteiger partial charge is 0.490 e. The molecule has 8 fully saturated rings. The first-order valence-electron chi connectivity index (χ1n) is 24.6. The van der Waals surface area contributed by atoms with Crippen LogP contribution in [0.4, 0.5) is 0 Å². The van der Waals surface area contributed by atoms with Crippen molar-refractivity contribution in [2.24, 2.45) is 34.5 Å². The molecule has 4 saturated carbocycles. The smallest absolute Gasteiger partial charge is 0.187 e. The molecule has 0 aromatic carbocycles. The van der Waals surface area contributed by atoms with E-state index in [1.54, 1.807) is 13.8 Å². The molecule has 0 aromatic heterocycles. The van der Waals surface area contributed by atoms with Crippen LogP contribution in [0.3, 0.4) is 0 Å². The minimum atomic E-state index is -1.65. The topological polar surface area (TPSA) is 265 Å². The third-order valence-electron chi connectivity index (χ3n) is 18.1. The Morgan fingerprint density at radius 3 is 1.77 bits per heavy atom. The maximum Gasteiger partial charge on any atom is 0.187 e. The lowest BCUT2D eigenvalue weighted by atomic mass is 9.42. The van der Waals surface area contributed by atoms with Crippen molar-refractivity contribution >= 4 is 0 Å². The van der Waals surface area contributed by atoms with Gasteiger partial charge in [0.1, 0.15) is 55.1 Å². The number of hydrogen-bond acceptors (Lipinski definition) is 18. The molecule has 4 saturated heterocycles. The molecule has 26 atom stereocenters. The van der Waals surface area contributed by atoms with E-state index < -0.39 is 128 Å². The predicted octanol–water partition coefficient (Wildman–Crippen LogP) is 1.03. The van der Waals surface area contributed by atoms with Gasteiger partial charge in [-0.1, -0.05) is 20.4 Å². The molecule has 4 aliphatic carbocycles. The summed E-state index contributed by atoms with van der Waals surface area (Å²) in [7, 11) is 0. The molecule has 2 unspecified atom stereocenters. The Bertz CT molecular complexity index is 1720. The van der Waals surface area contributed by atoms with E-state index in [0.29, 0.717) is 31.1 Å². The molecule has 5 heterocycles. The van der Waals surface area contributed by atoms with Gasteiger partial charge in [0, 0.05) is 24.7 Å². The third-order valence-corrected chi connectivity index (χ3v) is 18.1. The highest BCUT2D eigenvalue weighted by molar-refractivity contribution is 5.32. The zero-order valence-corrected chi connectivity index (χ0v) is 39.0. The van der Waals surface area contributed by atoms with Gasteiger partial charge in [0.05, 0.1) is 61.0 Å². The van der Waals surface area contributed by atoms with E-state index in [1.807, 2.05) is 13.0 Å². The van der Waals surface area contributed by atoms with Crippen LogP contribution in [0.25, 0.3) is 0 Å². The van der Waals surface area contributed by atoms with Gasteiger partial charge in [-0.3, -0.25) is 0 Å². The summed E-state index contributed by atoms with van der Waals surface area (Å²) in [6, 6.07) is 0. The highest BCUT2D eigenvalue weighted by atomic mass is 16.8. The zero-order chi connectivity index (χ0) is 47.2. The number of fused-ring (bicyclic) bond motifs is 5. The van der Waals surface area contributed by atoms with E-state index in [4.69, 9.17) is 42.6 Å². The van der Waals surface area contributed by atoms with Crippen molar-refractivity contribution in [3.63, 3.8) is 0 Å². The SMILES string of the molecule is C=C1C=C([C@H]2CC[C@]3(O)C4CC[C@@H]5C[C@@H](O[C@H]6C[C@H](O)[C@H](O[C@H]7C[C@H](O)[C@H](O[C@H]8C[C@H](O)[C@H](O[C@@H]9O[C@H](CO)[C@@H](O)[C@H](O)[C@H]9O)[C@@H](C)O8)[C@@H](C)O7)[C@@H](C)O6)CC[C@]5(C)C4C[C@@H](O)[C@]23C)CO1. The number of aliphatic hydroxyl groups excluding tert-OH is 8. The van der Waals surface area contributed by atoms with Crippen molar-refractivity contribution in [2.45, 2.75) is 228 Å². The molecule has 9 N–H and O–H groups in total. The van der Waals surface area contributed by atoms with Crippen LogP contribution in [0.15, 0.2) is 24.0 Å². The summed E-state index contributed by atoms with van der Waals surface area (Å²) in [6.07, 6.45) is -9.64. The lowest BCUT2D eigenvalue weighted by Crippen LogP contribution is -2.67. The monoisotopic (exact) mass is 941 g/mol. The van der Waals surface area contributed by atoms with E-state index in [-0.39, 0.29) is 48.5 Å². The van der Waals surface area contributed by atoms with Gasteiger partial charge in [0.25, 0.3) is 0 Å². The molecule has 18 heteroatoms. The van der Waals surface area contributed by atoms with Gasteiger partial charge in [-0.15, -0.1) is 0 Å². The highest BCUT2D eigenvalue weighted by Gasteiger charge is 2.71. The maximum atomic E-state index is 12.7. The van der Waals surface area contributed by atoms with Crippen molar-refractivity contribution in [3.05, 3.63) is 24.0 Å². The van der Waals surface area contributed by atoms with Gasteiger partial charge < -0.3 is 88.6 Å². The van der Waals surface area contributed by atoms with Crippen molar-refractivity contribution in [1.82, 2.24) is 0 Å². The van der Waals surface area contributed by atoms with Crippen LogP contribution in [0.5, 0.6) is 0 Å². The van der Waals surface area contributed by atoms with Gasteiger partial charge in [0.15, 0.2) is 25.2 Å². The summed E-state index contributed by atoms with van der Waals surface area (Å²) in [5.74, 6) is 1.39. The average Bonchev–Trinajstić information content (AvgIpc) is 3.82. The number of rotatable bonds is 10. The van der Waals surface area contributed by atoms with E-state index in [2.05, 4.69) is 20.4 Å². The van der Waals surface area contributed by atoms with Crippen LogP contribution in [0.1, 0.15) is 105 Å². The van der Waals surface area contributed by atoms with Crippen molar-refractivity contribution in [1.29, 1.82) is 0 Å². The number of ether oxygens (including phenoxy) is 9. The fraction of sp³-hybridized carbons (Fsp3) is 0.917. The Balaban J connectivity index is 0.737. The van der Waals surface area contributed by atoms with Gasteiger partial charge in [-0.2, -0.15) is 0 Å². The molecule has 376 valence electrons. The minimum absolute atomic E-state index is 0.0279. The zero-order valence-electron chi connectivity index (χ0n) is 39.0. The van der Waals surface area contributed by atoms with E-state index in [0.717, 1.165) is 44.1 Å². The Labute approximate surface area is 387 Å². The molecule has 66 heavy (non-hydrogen) atoms. The Hall–Kier alpha value is -1.40. The molecule has 0 radical (unpaired) electrons. The van der Waals surface area contributed by atoms with Gasteiger partial charge in [-0.05, 0) is 113 Å². The van der Waals surface area contributed by atoms with Gasteiger partial charge in [-0.25, -0.2) is 0 Å². The van der Waals surface area contributed by atoms with E-state index in [1.165, 1.54) is 0 Å². The molecular formula is C48H76O18. The summed E-state index contributed by atoms with van der Waals surface area (Å²) in [6.45, 7) is 13.5. The average molecular weight is 941 g/mol. The maximum absolute atomic E-state index is 12.7. The number of allylic oxidation sites excluding steroid dienone is 1. The van der Waals surface area contributed by atoms with Crippen LogP contribution in [0.2, 0.25) is 0 Å². The standard InChI is InChI=1S/C48H76O18/c1-21-13-25(20-58-21)28-10-12-48(57)29-8-7-26-14-27(9-11-46(26,5)30(29)15-35(53)47(28,48)6)62-36-16-31(50)42(22(2)59-36)64-37-17-32(51)43(23(3)60-37)65-38-18-33(52)44(24(4)61-38)66-45-41(56)40(55)39(54)34(19-49)63-45/h13,22-24,26-45,49-57H,1,7-12,14-20H2,2-6H3/t22-,23-,24-,26-,27+,28-,29?,30?,31+,32+,33+,34-,35-,36+,37+,38+,39-,40+,41-,42-,43-,44-,45+,46+,47+,48+/m1/s1. The number of hydrogen-bond donors (Lipinski definition) is 9. The first-order chi connectivity index (χ1) is 31.2. The normalized spacial score (nSPS) is 55.3. The number of aliphatic hydroxyl groups is 9. The second kappa shape index (κ2) is 19.0. The highest BCUT2D eigenvalue weighted by Crippen LogP contribution is 2.70. The Kier molecular flexibility index (Phi) is 14.3. The second-order valence-electron chi connectivity index (χ2n) is 21.8. The van der Waals surface area contributed by atoms with E-state index in [9.17, 15) is 46.0 Å². The van der Waals surface area contributed by atoms with Crippen LogP contribution in [-0.2, 0) is 42.6 Å². The molecule has 0 aromatic rings. The molecular weight excluding hydrogens is 865 g/mol. The third kappa shape index (κ3) is 8.66. The van der Waals surface area contributed by atoms with Crippen molar-refractivity contribution in [3.8, 4) is 0 Å².